The molecule has 0 saturated heterocycles. The Morgan fingerprint density at radius 1 is 1.03 bits per heavy atom. The van der Waals surface area contributed by atoms with Gasteiger partial charge in [0.2, 0.25) is 0 Å². The van der Waals surface area contributed by atoms with Gasteiger partial charge in [0.25, 0.3) is 0 Å². The summed E-state index contributed by atoms with van der Waals surface area (Å²) < 4.78 is 0. The Kier molecular flexibility index (Phi) is 4.86. The highest BCUT2D eigenvalue weighted by atomic mass is 35.5. The molecule has 1 aromatic heterocycles. The van der Waals surface area contributed by atoms with Gasteiger partial charge in [-0.25, -0.2) is 4.98 Å². The summed E-state index contributed by atoms with van der Waals surface area (Å²) in [5.74, 6) is 8.35. The fraction of sp³-hybridized carbons (Fsp3) is 0.370. The third-order valence-corrected chi connectivity index (χ3v) is 7.24. The number of aromatic amines is 1. The van der Waals surface area contributed by atoms with E-state index in [-0.39, 0.29) is 0 Å². The molecule has 156 valence electrons. The highest BCUT2D eigenvalue weighted by Gasteiger charge is 2.29. The summed E-state index contributed by atoms with van der Waals surface area (Å²) in [5.41, 5.74) is 7.61. The van der Waals surface area contributed by atoms with Crippen molar-refractivity contribution in [2.24, 2.45) is 5.92 Å². The summed E-state index contributed by atoms with van der Waals surface area (Å²) in [5, 5.41) is 0.745. The lowest BCUT2D eigenvalue weighted by Crippen LogP contribution is -2.42. The zero-order valence-electron chi connectivity index (χ0n) is 17.6. The summed E-state index contributed by atoms with van der Waals surface area (Å²) in [6.07, 6.45) is 7.06. The predicted octanol–water partition coefficient (Wildman–Crippen LogP) is 5.41. The van der Waals surface area contributed by atoms with Gasteiger partial charge in [-0.3, -0.25) is 4.90 Å². The number of fused-ring (bicyclic) bond motifs is 2. The maximum atomic E-state index is 6.40. The van der Waals surface area contributed by atoms with Crippen LogP contribution in [-0.2, 0) is 25.8 Å². The maximum Gasteiger partial charge on any atom is 0.139 e. The summed E-state index contributed by atoms with van der Waals surface area (Å²) in [7, 11) is 0. The maximum absolute atomic E-state index is 6.40. The molecule has 2 heterocycles. The highest BCUT2D eigenvalue weighted by Crippen LogP contribution is 2.32. The fourth-order valence-electron chi connectivity index (χ4n) is 4.95. The molecule has 0 spiro atoms. The summed E-state index contributed by atoms with van der Waals surface area (Å²) in [6.45, 7) is 2.01. The van der Waals surface area contributed by atoms with E-state index < -0.39 is 0 Å². The van der Waals surface area contributed by atoms with Crippen LogP contribution in [0.15, 0.2) is 42.5 Å². The van der Waals surface area contributed by atoms with Gasteiger partial charge in [-0.05, 0) is 67.5 Å². The number of hydrogen-bond acceptors (Lipinski definition) is 2. The van der Waals surface area contributed by atoms with Crippen molar-refractivity contribution in [3.8, 4) is 23.2 Å². The number of nitrogens with one attached hydrogen (secondary N) is 1. The molecule has 1 unspecified atom stereocenters. The van der Waals surface area contributed by atoms with Gasteiger partial charge in [-0.1, -0.05) is 41.6 Å². The average molecular weight is 428 g/mol. The standard InChI is InChI=1S/C27H26ClN3/c28-24-4-2-1-3-23(24)27-29-25-13-14-31(17-26(25)30-27)22-12-11-20-10-9-19(15-21(20)16-22)8-7-18-5-6-18/h1-4,9-10,15,18,22H,5-6,11-14,16-17H2,(H,29,30). The Balaban J connectivity index is 1.20. The van der Waals surface area contributed by atoms with E-state index in [0.29, 0.717) is 12.0 Å². The first-order valence-electron chi connectivity index (χ1n) is 11.4. The van der Waals surface area contributed by atoms with E-state index in [2.05, 4.69) is 39.9 Å². The van der Waals surface area contributed by atoms with Crippen molar-refractivity contribution in [2.75, 3.05) is 6.54 Å². The second kappa shape index (κ2) is 7.86. The number of H-pyrrole nitrogens is 1. The summed E-state index contributed by atoms with van der Waals surface area (Å²) >= 11 is 6.40. The van der Waals surface area contributed by atoms with Crippen LogP contribution in [0.1, 0.15) is 47.3 Å². The number of benzene rings is 2. The van der Waals surface area contributed by atoms with E-state index >= 15 is 0 Å². The lowest BCUT2D eigenvalue weighted by molar-refractivity contribution is 0.160. The second-order valence-corrected chi connectivity index (χ2v) is 9.54. The van der Waals surface area contributed by atoms with E-state index in [9.17, 15) is 0 Å². The van der Waals surface area contributed by atoms with Crippen molar-refractivity contribution < 1.29 is 0 Å². The second-order valence-electron chi connectivity index (χ2n) is 9.13. The van der Waals surface area contributed by atoms with Crippen LogP contribution in [0.3, 0.4) is 0 Å². The van der Waals surface area contributed by atoms with Crippen molar-refractivity contribution in [3.05, 3.63) is 75.6 Å². The Hall–Kier alpha value is -2.54. The molecule has 3 aliphatic rings. The minimum Gasteiger partial charge on any atom is -0.340 e. The molecule has 6 rings (SSSR count). The van der Waals surface area contributed by atoms with Crippen LogP contribution < -0.4 is 0 Å². The van der Waals surface area contributed by atoms with Crippen LogP contribution in [0.2, 0.25) is 5.02 Å². The number of aryl methyl sites for hydroxylation is 1. The number of halogens is 1. The SMILES string of the molecule is Clc1ccccc1-c1nc2c([nH]1)CN(C1CCc3ccc(C#CC4CC4)cc3C1)CC2. The van der Waals surface area contributed by atoms with Crippen LogP contribution in [0.4, 0.5) is 0 Å². The molecule has 2 aliphatic carbocycles. The fourth-order valence-corrected chi connectivity index (χ4v) is 5.17. The molecule has 2 aromatic carbocycles. The zero-order valence-corrected chi connectivity index (χ0v) is 18.4. The van der Waals surface area contributed by atoms with E-state index in [1.807, 2.05) is 24.3 Å². The molecule has 4 heteroatoms. The molecule has 0 radical (unpaired) electrons. The van der Waals surface area contributed by atoms with Crippen molar-refractivity contribution >= 4 is 11.6 Å². The minimum absolute atomic E-state index is 0.583. The quantitative estimate of drug-likeness (QED) is 0.555. The minimum atomic E-state index is 0.583. The van der Waals surface area contributed by atoms with Crippen LogP contribution in [0.25, 0.3) is 11.4 Å². The third-order valence-electron chi connectivity index (χ3n) is 6.91. The van der Waals surface area contributed by atoms with Gasteiger partial charge in [0.05, 0.1) is 16.4 Å². The monoisotopic (exact) mass is 427 g/mol. The van der Waals surface area contributed by atoms with Crippen molar-refractivity contribution in [1.82, 2.24) is 14.9 Å². The number of rotatable bonds is 2. The van der Waals surface area contributed by atoms with Crippen molar-refractivity contribution in [1.29, 1.82) is 0 Å². The summed E-state index contributed by atoms with van der Waals surface area (Å²) in [4.78, 5) is 11.1. The van der Waals surface area contributed by atoms with E-state index in [1.54, 1.807) is 0 Å². The van der Waals surface area contributed by atoms with Gasteiger partial charge in [-0.15, -0.1) is 0 Å². The van der Waals surface area contributed by atoms with Crippen LogP contribution >= 0.6 is 11.6 Å². The van der Waals surface area contributed by atoms with Crippen LogP contribution in [-0.4, -0.2) is 27.5 Å². The molecule has 3 aromatic rings. The van der Waals surface area contributed by atoms with Gasteiger partial charge in [0, 0.05) is 42.6 Å². The molecule has 0 bridgehead atoms. The lowest BCUT2D eigenvalue weighted by Gasteiger charge is -2.37. The molecular formula is C27H26ClN3. The molecule has 1 atom stereocenters. The van der Waals surface area contributed by atoms with E-state index in [1.165, 1.54) is 47.3 Å². The topological polar surface area (TPSA) is 31.9 Å². The number of imidazole rings is 1. The van der Waals surface area contributed by atoms with Crippen molar-refractivity contribution in [2.45, 2.75) is 51.1 Å². The molecule has 1 fully saturated rings. The first kappa shape index (κ1) is 19.2. The summed E-state index contributed by atoms with van der Waals surface area (Å²) in [6, 6.07) is 15.4. The molecule has 1 saturated carbocycles. The van der Waals surface area contributed by atoms with Gasteiger partial charge in [0.15, 0.2) is 0 Å². The van der Waals surface area contributed by atoms with Gasteiger partial charge >= 0.3 is 0 Å². The van der Waals surface area contributed by atoms with E-state index in [0.717, 1.165) is 48.8 Å². The predicted molar refractivity (Wildman–Crippen MR) is 125 cm³/mol. The Morgan fingerprint density at radius 3 is 2.81 bits per heavy atom. The first-order valence-corrected chi connectivity index (χ1v) is 11.8. The number of nitrogens with zero attached hydrogens (tertiary/aromatic N) is 2. The Labute approximate surface area is 188 Å². The number of aromatic nitrogens is 2. The third kappa shape index (κ3) is 3.91. The normalized spacial score (nSPS) is 20.5. The largest absolute Gasteiger partial charge is 0.340 e. The average Bonchev–Trinajstić information content (AvgIpc) is 3.54. The number of hydrogen-bond donors (Lipinski definition) is 1. The molecule has 31 heavy (non-hydrogen) atoms. The first-order chi connectivity index (χ1) is 15.2. The molecule has 1 N–H and O–H groups in total. The van der Waals surface area contributed by atoms with Crippen molar-refractivity contribution in [3.63, 3.8) is 0 Å². The molecule has 1 aliphatic heterocycles. The smallest absolute Gasteiger partial charge is 0.139 e. The molecule has 0 amide bonds. The van der Waals surface area contributed by atoms with Crippen LogP contribution in [0.5, 0.6) is 0 Å². The van der Waals surface area contributed by atoms with E-state index in [4.69, 9.17) is 16.6 Å². The van der Waals surface area contributed by atoms with Crippen LogP contribution in [0, 0.1) is 17.8 Å². The Bertz CT molecular complexity index is 1190. The van der Waals surface area contributed by atoms with Gasteiger partial charge in [-0.2, -0.15) is 0 Å². The Morgan fingerprint density at radius 2 is 1.94 bits per heavy atom. The zero-order chi connectivity index (χ0) is 20.8. The molecular weight excluding hydrogens is 402 g/mol. The van der Waals surface area contributed by atoms with Gasteiger partial charge in [0.1, 0.15) is 5.82 Å². The van der Waals surface area contributed by atoms with Gasteiger partial charge < -0.3 is 4.98 Å². The highest BCUT2D eigenvalue weighted by molar-refractivity contribution is 6.33. The molecule has 3 nitrogen and oxygen atoms in total. The lowest BCUT2D eigenvalue weighted by atomic mass is 9.86.